The summed E-state index contributed by atoms with van der Waals surface area (Å²) in [5.41, 5.74) is 0.526. The first-order valence-corrected chi connectivity index (χ1v) is 5.65. The second-order valence-electron chi connectivity index (χ2n) is 4.27. The van der Waals surface area contributed by atoms with Gasteiger partial charge < -0.3 is 10.4 Å². The van der Waals surface area contributed by atoms with Gasteiger partial charge in [0, 0.05) is 13.2 Å². The van der Waals surface area contributed by atoms with Crippen molar-refractivity contribution in [3.63, 3.8) is 0 Å². The summed E-state index contributed by atoms with van der Waals surface area (Å²) in [4.78, 5) is 11.9. The van der Waals surface area contributed by atoms with Gasteiger partial charge in [-0.25, -0.2) is 0 Å². The predicted molar refractivity (Wildman–Crippen MR) is 58.9 cm³/mol. The maximum Gasteiger partial charge on any atom is 0.269 e. The minimum atomic E-state index is -0.411. The van der Waals surface area contributed by atoms with E-state index >= 15 is 0 Å². The topological polar surface area (TPSA) is 67.2 Å². The molecule has 0 spiro atoms. The first-order valence-electron chi connectivity index (χ1n) is 5.65. The second-order valence-corrected chi connectivity index (χ2v) is 4.27. The van der Waals surface area contributed by atoms with Crippen molar-refractivity contribution in [2.45, 2.75) is 37.8 Å². The molecule has 2 atom stereocenters. The average Bonchev–Trinajstić information content (AvgIpc) is 2.68. The van der Waals surface area contributed by atoms with Crippen LogP contribution in [0.4, 0.5) is 0 Å². The molecule has 1 aromatic rings. The van der Waals surface area contributed by atoms with Crippen LogP contribution in [0.3, 0.4) is 0 Å². The quantitative estimate of drug-likeness (QED) is 0.765. The third-order valence-corrected chi connectivity index (χ3v) is 3.10. The molecule has 1 aliphatic carbocycles. The number of hydrogen-bond donors (Lipinski definition) is 2. The lowest BCUT2D eigenvalue weighted by molar-refractivity contribution is 0.0710. The molecule has 1 aromatic heterocycles. The van der Waals surface area contributed by atoms with E-state index in [-0.39, 0.29) is 11.9 Å². The van der Waals surface area contributed by atoms with E-state index in [4.69, 9.17) is 0 Å². The zero-order valence-electron chi connectivity index (χ0n) is 9.39. The van der Waals surface area contributed by atoms with E-state index < -0.39 is 6.10 Å². The molecule has 0 aromatic carbocycles. The summed E-state index contributed by atoms with van der Waals surface area (Å²) in [6.07, 6.45) is 4.91. The number of rotatable bonds is 2. The fraction of sp³-hybridized carbons (Fsp3) is 0.636. The van der Waals surface area contributed by atoms with Crippen LogP contribution in [-0.2, 0) is 7.05 Å². The van der Waals surface area contributed by atoms with E-state index in [9.17, 15) is 9.90 Å². The van der Waals surface area contributed by atoms with E-state index in [0.717, 1.165) is 25.7 Å². The van der Waals surface area contributed by atoms with Gasteiger partial charge in [-0.05, 0) is 18.9 Å². The molecule has 2 unspecified atom stereocenters. The van der Waals surface area contributed by atoms with Gasteiger partial charge in [0.15, 0.2) is 0 Å². The summed E-state index contributed by atoms with van der Waals surface area (Å²) in [5.74, 6) is -0.161. The van der Waals surface area contributed by atoms with Crippen molar-refractivity contribution < 1.29 is 9.90 Å². The highest BCUT2D eigenvalue weighted by molar-refractivity contribution is 5.92. The van der Waals surface area contributed by atoms with E-state index in [0.29, 0.717) is 5.69 Å². The number of nitrogens with one attached hydrogen (secondary N) is 1. The number of carbonyl (C=O) groups excluding carboxylic acids is 1. The zero-order valence-corrected chi connectivity index (χ0v) is 9.39. The van der Waals surface area contributed by atoms with Crippen LogP contribution in [0.5, 0.6) is 0 Å². The highest BCUT2D eigenvalue weighted by atomic mass is 16.3. The van der Waals surface area contributed by atoms with Gasteiger partial charge in [0.05, 0.1) is 12.1 Å². The van der Waals surface area contributed by atoms with Gasteiger partial charge >= 0.3 is 0 Å². The minimum absolute atomic E-state index is 0.115. The lowest BCUT2D eigenvalue weighted by Gasteiger charge is -2.28. The van der Waals surface area contributed by atoms with Crippen LogP contribution in [0, 0.1) is 0 Å². The van der Waals surface area contributed by atoms with Gasteiger partial charge in [0.1, 0.15) is 5.69 Å². The summed E-state index contributed by atoms with van der Waals surface area (Å²) < 4.78 is 1.53. The molecule has 1 fully saturated rings. The Balaban J connectivity index is 1.99. The zero-order chi connectivity index (χ0) is 11.5. The molecular weight excluding hydrogens is 206 g/mol. The van der Waals surface area contributed by atoms with Gasteiger partial charge in [-0.2, -0.15) is 5.10 Å². The third kappa shape index (κ3) is 2.24. The number of amides is 1. The number of aromatic nitrogens is 2. The Labute approximate surface area is 94.5 Å². The van der Waals surface area contributed by atoms with Crippen LogP contribution >= 0.6 is 0 Å². The normalized spacial score (nSPS) is 25.4. The molecule has 0 aliphatic heterocycles. The summed E-state index contributed by atoms with van der Waals surface area (Å²) in [7, 11) is 1.73. The Morgan fingerprint density at radius 3 is 2.94 bits per heavy atom. The maximum absolute atomic E-state index is 11.9. The summed E-state index contributed by atoms with van der Waals surface area (Å²) in [5, 5.41) is 16.6. The van der Waals surface area contributed by atoms with Crippen molar-refractivity contribution in [1.29, 1.82) is 0 Å². The number of aliphatic hydroxyl groups excluding tert-OH is 1. The van der Waals surface area contributed by atoms with E-state index in [1.165, 1.54) is 4.68 Å². The first kappa shape index (κ1) is 11.1. The van der Waals surface area contributed by atoms with Gasteiger partial charge in [0.2, 0.25) is 0 Å². The molecule has 1 saturated carbocycles. The van der Waals surface area contributed by atoms with Crippen LogP contribution in [0.1, 0.15) is 36.2 Å². The lowest BCUT2D eigenvalue weighted by atomic mass is 9.92. The molecule has 2 N–H and O–H groups in total. The summed E-state index contributed by atoms with van der Waals surface area (Å²) in [6, 6.07) is 1.56. The van der Waals surface area contributed by atoms with Crippen molar-refractivity contribution >= 4 is 5.91 Å². The highest BCUT2D eigenvalue weighted by Gasteiger charge is 2.25. The molecule has 0 saturated heterocycles. The third-order valence-electron chi connectivity index (χ3n) is 3.10. The Bertz CT molecular complexity index is 375. The molecular formula is C11H17N3O2. The van der Waals surface area contributed by atoms with Crippen molar-refractivity contribution in [2.24, 2.45) is 7.05 Å². The SMILES string of the molecule is Cn1nccc1C(=O)NC1CCCCC1O. The van der Waals surface area contributed by atoms with Crippen molar-refractivity contribution in [2.75, 3.05) is 0 Å². The van der Waals surface area contributed by atoms with Crippen LogP contribution in [-0.4, -0.2) is 32.9 Å². The highest BCUT2D eigenvalue weighted by Crippen LogP contribution is 2.18. The van der Waals surface area contributed by atoms with Crippen molar-refractivity contribution in [1.82, 2.24) is 15.1 Å². The monoisotopic (exact) mass is 223 g/mol. The van der Waals surface area contributed by atoms with Crippen LogP contribution < -0.4 is 5.32 Å². The molecule has 16 heavy (non-hydrogen) atoms. The fourth-order valence-electron chi connectivity index (χ4n) is 2.12. The standard InChI is InChI=1S/C11H17N3O2/c1-14-9(6-7-12-14)11(16)13-8-4-2-3-5-10(8)15/h6-8,10,15H,2-5H2,1H3,(H,13,16). The molecule has 88 valence electrons. The molecule has 5 heteroatoms. The molecule has 5 nitrogen and oxygen atoms in total. The Morgan fingerprint density at radius 2 is 2.31 bits per heavy atom. The van der Waals surface area contributed by atoms with Crippen molar-refractivity contribution in [3.8, 4) is 0 Å². The van der Waals surface area contributed by atoms with Gasteiger partial charge in [-0.15, -0.1) is 0 Å². The van der Waals surface area contributed by atoms with Gasteiger partial charge in [-0.3, -0.25) is 9.48 Å². The summed E-state index contributed by atoms with van der Waals surface area (Å²) >= 11 is 0. The number of carbonyl (C=O) groups is 1. The van der Waals surface area contributed by atoms with Crippen LogP contribution in [0.25, 0.3) is 0 Å². The molecule has 1 amide bonds. The number of nitrogens with zero attached hydrogens (tertiary/aromatic N) is 2. The minimum Gasteiger partial charge on any atom is -0.391 e. The number of aliphatic hydroxyl groups is 1. The molecule has 2 rings (SSSR count). The summed E-state index contributed by atoms with van der Waals surface area (Å²) in [6.45, 7) is 0. The lowest BCUT2D eigenvalue weighted by Crippen LogP contribution is -2.45. The first-order chi connectivity index (χ1) is 7.68. The van der Waals surface area contributed by atoms with Gasteiger partial charge in [-0.1, -0.05) is 12.8 Å². The molecule has 1 heterocycles. The van der Waals surface area contributed by atoms with E-state index in [2.05, 4.69) is 10.4 Å². The maximum atomic E-state index is 11.9. The Morgan fingerprint density at radius 1 is 1.56 bits per heavy atom. The number of hydrogen-bond acceptors (Lipinski definition) is 3. The Kier molecular flexibility index (Phi) is 3.24. The van der Waals surface area contributed by atoms with E-state index in [1.54, 1.807) is 19.3 Å². The van der Waals surface area contributed by atoms with Gasteiger partial charge in [0.25, 0.3) is 5.91 Å². The van der Waals surface area contributed by atoms with Crippen LogP contribution in [0.2, 0.25) is 0 Å². The fourth-order valence-corrected chi connectivity index (χ4v) is 2.12. The molecule has 0 bridgehead atoms. The van der Waals surface area contributed by atoms with Crippen molar-refractivity contribution in [3.05, 3.63) is 18.0 Å². The molecule has 0 radical (unpaired) electrons. The van der Waals surface area contributed by atoms with Crippen LogP contribution in [0.15, 0.2) is 12.3 Å². The second kappa shape index (κ2) is 4.65. The number of aryl methyl sites for hydroxylation is 1. The smallest absolute Gasteiger partial charge is 0.269 e. The Hall–Kier alpha value is -1.36. The van der Waals surface area contributed by atoms with E-state index in [1.807, 2.05) is 0 Å². The molecule has 1 aliphatic rings. The average molecular weight is 223 g/mol. The largest absolute Gasteiger partial charge is 0.391 e. The predicted octanol–water partition coefficient (Wildman–Crippen LogP) is 0.453.